The molecule has 0 unspecified atom stereocenters. The molecule has 3 atom stereocenters. The highest BCUT2D eigenvalue weighted by Crippen LogP contribution is 2.32. The largest absolute Gasteiger partial charge is 0.433 e. The lowest BCUT2D eigenvalue weighted by Crippen LogP contribution is -2.36. The van der Waals surface area contributed by atoms with Crippen LogP contribution >= 0.6 is 0 Å². The number of halogens is 4. The molecule has 2 N–H and O–H groups in total. The van der Waals surface area contributed by atoms with Gasteiger partial charge < -0.3 is 10.6 Å². The molecular weight excluding hydrogens is 362 g/mol. The van der Waals surface area contributed by atoms with E-state index in [4.69, 9.17) is 0 Å². The fraction of sp³-hybridized carbons (Fsp3) is 0.368. The minimum absolute atomic E-state index is 0.235. The summed E-state index contributed by atoms with van der Waals surface area (Å²) in [5.41, 5.74) is 0.256. The first-order chi connectivity index (χ1) is 12.8. The van der Waals surface area contributed by atoms with Crippen LogP contribution in [0.2, 0.25) is 0 Å². The van der Waals surface area contributed by atoms with Gasteiger partial charge in [-0.3, -0.25) is 9.78 Å². The molecular formula is C19H19F4N3O. The number of carbonyl (C=O) groups is 1. The third-order valence-corrected chi connectivity index (χ3v) is 4.76. The Morgan fingerprint density at radius 3 is 2.67 bits per heavy atom. The van der Waals surface area contributed by atoms with Crippen molar-refractivity contribution in [2.24, 2.45) is 5.92 Å². The summed E-state index contributed by atoms with van der Waals surface area (Å²) in [6.45, 7) is 2.64. The first kappa shape index (κ1) is 19.3. The van der Waals surface area contributed by atoms with Crippen molar-refractivity contribution in [3.8, 4) is 0 Å². The normalized spacial score (nSPS) is 21.1. The number of pyridine rings is 1. The van der Waals surface area contributed by atoms with Gasteiger partial charge in [-0.1, -0.05) is 18.2 Å². The quantitative estimate of drug-likeness (QED) is 0.798. The first-order valence-electron chi connectivity index (χ1n) is 8.55. The van der Waals surface area contributed by atoms with Gasteiger partial charge in [0.1, 0.15) is 11.5 Å². The summed E-state index contributed by atoms with van der Waals surface area (Å²) < 4.78 is 51.4. The van der Waals surface area contributed by atoms with Crippen molar-refractivity contribution in [3.63, 3.8) is 0 Å². The van der Waals surface area contributed by atoms with Gasteiger partial charge in [-0.2, -0.15) is 13.2 Å². The van der Waals surface area contributed by atoms with Crippen molar-refractivity contribution < 1.29 is 22.4 Å². The molecule has 144 valence electrons. The molecule has 0 radical (unpaired) electrons. The van der Waals surface area contributed by atoms with Gasteiger partial charge in [-0.05, 0) is 36.2 Å². The molecule has 0 aliphatic carbocycles. The lowest BCUT2D eigenvalue weighted by molar-refractivity contribution is -0.141. The molecule has 1 aromatic heterocycles. The van der Waals surface area contributed by atoms with E-state index in [2.05, 4.69) is 15.6 Å². The Morgan fingerprint density at radius 1 is 1.26 bits per heavy atom. The monoisotopic (exact) mass is 381 g/mol. The Bertz CT molecular complexity index is 807. The number of rotatable bonds is 4. The second-order valence-electron chi connectivity index (χ2n) is 6.63. The molecule has 1 fully saturated rings. The lowest BCUT2D eigenvalue weighted by atomic mass is 9.88. The molecule has 2 heterocycles. The van der Waals surface area contributed by atoms with Gasteiger partial charge in [-0.25, -0.2) is 4.39 Å². The second-order valence-corrected chi connectivity index (χ2v) is 6.63. The van der Waals surface area contributed by atoms with Crippen molar-refractivity contribution in [2.75, 3.05) is 13.1 Å². The minimum atomic E-state index is -4.50. The van der Waals surface area contributed by atoms with Crippen molar-refractivity contribution >= 4 is 5.91 Å². The number of nitrogens with zero attached hydrogens (tertiary/aromatic N) is 1. The van der Waals surface area contributed by atoms with Crippen LogP contribution in [0.3, 0.4) is 0 Å². The molecule has 4 nitrogen and oxygen atoms in total. The topological polar surface area (TPSA) is 54.0 Å². The number of nitrogens with one attached hydrogen (secondary N) is 2. The number of aromatic nitrogens is 1. The third kappa shape index (κ3) is 4.44. The summed E-state index contributed by atoms with van der Waals surface area (Å²) in [4.78, 5) is 16.2. The number of amides is 1. The molecule has 0 spiro atoms. The summed E-state index contributed by atoms with van der Waals surface area (Å²) in [6, 6.07) is 7.88. The number of carbonyl (C=O) groups excluding carboxylic acids is 1. The Labute approximate surface area is 154 Å². The SMILES string of the molecule is C[C@H](NC(=O)[C@@H]1CNC[C@H]1c1ccc(C(F)(F)F)nc1)c1cccc(F)c1. The van der Waals surface area contributed by atoms with E-state index in [-0.39, 0.29) is 23.7 Å². The van der Waals surface area contributed by atoms with Gasteiger partial charge in [-0.15, -0.1) is 0 Å². The summed E-state index contributed by atoms with van der Waals surface area (Å²) in [7, 11) is 0. The lowest BCUT2D eigenvalue weighted by Gasteiger charge is -2.22. The molecule has 3 rings (SSSR count). The van der Waals surface area contributed by atoms with Gasteiger partial charge >= 0.3 is 6.18 Å². The van der Waals surface area contributed by atoms with E-state index < -0.39 is 17.8 Å². The van der Waals surface area contributed by atoms with E-state index in [1.165, 1.54) is 24.4 Å². The van der Waals surface area contributed by atoms with Crippen LogP contribution in [0.25, 0.3) is 0 Å². The van der Waals surface area contributed by atoms with E-state index in [0.29, 0.717) is 24.2 Å². The van der Waals surface area contributed by atoms with E-state index >= 15 is 0 Å². The van der Waals surface area contributed by atoms with E-state index in [0.717, 1.165) is 6.07 Å². The zero-order valence-corrected chi connectivity index (χ0v) is 14.6. The predicted molar refractivity (Wildman–Crippen MR) is 91.3 cm³/mol. The highest BCUT2D eigenvalue weighted by atomic mass is 19.4. The van der Waals surface area contributed by atoms with Crippen LogP contribution < -0.4 is 10.6 Å². The molecule has 2 aromatic rings. The van der Waals surface area contributed by atoms with Crippen molar-refractivity contribution in [3.05, 3.63) is 65.2 Å². The minimum Gasteiger partial charge on any atom is -0.349 e. The van der Waals surface area contributed by atoms with Crippen LogP contribution in [-0.2, 0) is 11.0 Å². The molecule has 1 aliphatic rings. The maximum Gasteiger partial charge on any atom is 0.433 e. The van der Waals surface area contributed by atoms with Crippen LogP contribution in [-0.4, -0.2) is 24.0 Å². The third-order valence-electron chi connectivity index (χ3n) is 4.76. The number of alkyl halides is 3. The molecule has 8 heteroatoms. The van der Waals surface area contributed by atoms with Crippen LogP contribution in [0, 0.1) is 11.7 Å². The van der Waals surface area contributed by atoms with Crippen LogP contribution in [0.1, 0.15) is 35.7 Å². The zero-order chi connectivity index (χ0) is 19.6. The van der Waals surface area contributed by atoms with Crippen LogP contribution in [0.15, 0.2) is 42.6 Å². The Kier molecular flexibility index (Phi) is 5.46. The number of hydrogen-bond donors (Lipinski definition) is 2. The van der Waals surface area contributed by atoms with E-state index in [1.807, 2.05) is 0 Å². The predicted octanol–water partition coefficient (Wildman–Crippen LogP) is 3.42. The second kappa shape index (κ2) is 7.64. The standard InChI is InChI=1S/C19H19F4N3O/c1-11(12-3-2-4-14(20)7-12)26-18(27)16-10-24-9-15(16)13-5-6-17(25-8-13)19(21,22)23/h2-8,11,15-16,24H,9-10H2,1H3,(H,26,27)/t11-,15-,16+/m0/s1. The summed E-state index contributed by atoms with van der Waals surface area (Å²) >= 11 is 0. The maximum absolute atomic E-state index is 13.4. The fourth-order valence-corrected chi connectivity index (χ4v) is 3.28. The zero-order valence-electron chi connectivity index (χ0n) is 14.6. The van der Waals surface area contributed by atoms with Gasteiger partial charge in [0.15, 0.2) is 0 Å². The molecule has 1 aromatic carbocycles. The Hall–Kier alpha value is -2.48. The van der Waals surface area contributed by atoms with Crippen LogP contribution in [0.4, 0.5) is 17.6 Å². The van der Waals surface area contributed by atoms with Gasteiger partial charge in [0, 0.05) is 25.2 Å². The Morgan fingerprint density at radius 2 is 2.04 bits per heavy atom. The molecule has 0 saturated carbocycles. The first-order valence-corrected chi connectivity index (χ1v) is 8.55. The molecule has 1 aliphatic heterocycles. The molecule has 27 heavy (non-hydrogen) atoms. The average Bonchev–Trinajstić information content (AvgIpc) is 3.11. The van der Waals surface area contributed by atoms with Gasteiger partial charge in [0.2, 0.25) is 5.91 Å². The molecule has 1 amide bonds. The van der Waals surface area contributed by atoms with Crippen LogP contribution in [0.5, 0.6) is 0 Å². The molecule has 1 saturated heterocycles. The van der Waals surface area contributed by atoms with Crippen molar-refractivity contribution in [1.29, 1.82) is 0 Å². The summed E-state index contributed by atoms with van der Waals surface area (Å²) in [5, 5.41) is 5.95. The van der Waals surface area contributed by atoms with Gasteiger partial charge in [0.25, 0.3) is 0 Å². The number of hydrogen-bond acceptors (Lipinski definition) is 3. The van der Waals surface area contributed by atoms with Crippen molar-refractivity contribution in [2.45, 2.75) is 25.1 Å². The summed E-state index contributed by atoms with van der Waals surface area (Å²) in [6.07, 6.45) is -3.32. The highest BCUT2D eigenvalue weighted by molar-refractivity contribution is 5.81. The fourth-order valence-electron chi connectivity index (χ4n) is 3.28. The smallest absolute Gasteiger partial charge is 0.349 e. The van der Waals surface area contributed by atoms with E-state index in [9.17, 15) is 22.4 Å². The van der Waals surface area contributed by atoms with Crippen molar-refractivity contribution in [1.82, 2.24) is 15.6 Å². The average molecular weight is 381 g/mol. The highest BCUT2D eigenvalue weighted by Gasteiger charge is 2.36. The molecule has 0 bridgehead atoms. The Balaban J connectivity index is 1.71. The number of benzene rings is 1. The van der Waals surface area contributed by atoms with Gasteiger partial charge in [0.05, 0.1) is 12.0 Å². The maximum atomic E-state index is 13.4. The summed E-state index contributed by atoms with van der Waals surface area (Å²) in [5.74, 6) is -1.34. The van der Waals surface area contributed by atoms with E-state index in [1.54, 1.807) is 19.1 Å².